The number of pyridine rings is 1. The first-order valence-corrected chi connectivity index (χ1v) is 10.0. The van der Waals surface area contributed by atoms with Crippen LogP contribution in [0.15, 0.2) is 53.9 Å². The van der Waals surface area contributed by atoms with Gasteiger partial charge in [0.15, 0.2) is 6.10 Å². The molecule has 0 saturated heterocycles. The van der Waals surface area contributed by atoms with E-state index in [1.165, 1.54) is 12.1 Å². The smallest absolute Gasteiger partial charge is 0.408 e. The Hall–Kier alpha value is -3.14. The molecule has 3 N–H and O–H groups in total. The van der Waals surface area contributed by atoms with Gasteiger partial charge in [0.25, 0.3) is 0 Å². The highest BCUT2D eigenvalue weighted by atomic mass is 79.9. The van der Waals surface area contributed by atoms with Crippen LogP contribution in [0.25, 0.3) is 0 Å². The SMILES string of the molecule is O=C(NC(Cc1ccc(O)cc1)C(=O)NC[C@@H]1CC(Br)=NO1)OCc1cccnc1. The number of carbonyl (C=O) groups is 2. The lowest BCUT2D eigenvalue weighted by molar-refractivity contribution is -0.123. The maximum Gasteiger partial charge on any atom is 0.408 e. The number of carbonyl (C=O) groups excluding carboxylic acids is 2. The fourth-order valence-electron chi connectivity index (χ4n) is 2.73. The van der Waals surface area contributed by atoms with Crippen molar-refractivity contribution in [1.82, 2.24) is 15.6 Å². The molecule has 2 atom stereocenters. The van der Waals surface area contributed by atoms with Crippen LogP contribution in [0.2, 0.25) is 0 Å². The fraction of sp³-hybridized carbons (Fsp3) is 0.300. The molecular weight excluding hydrogens is 456 g/mol. The lowest BCUT2D eigenvalue weighted by atomic mass is 10.0. The number of phenolic OH excluding ortho intramolecular Hbond substituents is 1. The number of nitrogens with one attached hydrogen (secondary N) is 2. The third-order valence-corrected chi connectivity index (χ3v) is 4.75. The predicted octanol–water partition coefficient (Wildman–Crippen LogP) is 2.24. The first kappa shape index (κ1) is 21.6. The number of ether oxygens (including phenoxy) is 1. The van der Waals surface area contributed by atoms with E-state index in [0.29, 0.717) is 11.0 Å². The van der Waals surface area contributed by atoms with Crippen molar-refractivity contribution in [3.8, 4) is 5.75 Å². The number of benzene rings is 1. The van der Waals surface area contributed by atoms with Gasteiger partial charge in [-0.05, 0) is 39.7 Å². The molecule has 0 aliphatic carbocycles. The Morgan fingerprint density at radius 3 is 2.73 bits per heavy atom. The molecule has 1 unspecified atom stereocenters. The number of aromatic hydroxyl groups is 1. The van der Waals surface area contributed by atoms with E-state index in [9.17, 15) is 14.7 Å². The zero-order valence-corrected chi connectivity index (χ0v) is 17.5. The maximum absolute atomic E-state index is 12.7. The highest BCUT2D eigenvalue weighted by molar-refractivity contribution is 9.18. The summed E-state index contributed by atoms with van der Waals surface area (Å²) in [5.41, 5.74) is 1.50. The largest absolute Gasteiger partial charge is 0.508 e. The van der Waals surface area contributed by atoms with E-state index in [-0.39, 0.29) is 37.3 Å². The van der Waals surface area contributed by atoms with E-state index in [1.54, 1.807) is 36.7 Å². The topological polar surface area (TPSA) is 122 Å². The monoisotopic (exact) mass is 476 g/mol. The van der Waals surface area contributed by atoms with Crippen molar-refractivity contribution in [2.45, 2.75) is 31.6 Å². The molecule has 0 saturated carbocycles. The second-order valence-electron chi connectivity index (χ2n) is 6.65. The average Bonchev–Trinajstić information content (AvgIpc) is 3.17. The van der Waals surface area contributed by atoms with E-state index in [2.05, 4.69) is 36.7 Å². The molecule has 1 aliphatic heterocycles. The number of alkyl carbamates (subject to hydrolysis) is 1. The molecule has 2 aromatic rings. The van der Waals surface area contributed by atoms with Crippen LogP contribution in [0, 0.1) is 0 Å². The van der Waals surface area contributed by atoms with Crippen molar-refractivity contribution < 1.29 is 24.3 Å². The van der Waals surface area contributed by atoms with Gasteiger partial charge in [-0.2, -0.15) is 0 Å². The Bertz CT molecular complexity index is 892. The van der Waals surface area contributed by atoms with Crippen molar-refractivity contribution in [1.29, 1.82) is 0 Å². The van der Waals surface area contributed by atoms with Crippen molar-refractivity contribution in [2.24, 2.45) is 5.16 Å². The van der Waals surface area contributed by atoms with Crippen LogP contribution < -0.4 is 10.6 Å². The standard InChI is InChI=1S/C20H21BrN4O5/c21-18-9-16(30-25-18)11-23-19(27)17(8-13-3-5-15(26)6-4-13)24-20(28)29-12-14-2-1-7-22-10-14/h1-7,10,16-17,26H,8-9,11-12H2,(H,23,27)(H,24,28)/t16-,17?/m0/s1. The quantitative estimate of drug-likeness (QED) is 0.536. The van der Waals surface area contributed by atoms with E-state index in [1.807, 2.05) is 0 Å². The molecule has 0 spiro atoms. The van der Waals surface area contributed by atoms with E-state index < -0.39 is 12.1 Å². The van der Waals surface area contributed by atoms with Crippen LogP contribution in [0.4, 0.5) is 4.79 Å². The van der Waals surface area contributed by atoms with Crippen molar-refractivity contribution >= 4 is 32.6 Å². The first-order chi connectivity index (χ1) is 14.5. The van der Waals surface area contributed by atoms with Gasteiger partial charge in [0.1, 0.15) is 23.0 Å². The van der Waals surface area contributed by atoms with Crippen molar-refractivity contribution in [3.63, 3.8) is 0 Å². The molecule has 9 nitrogen and oxygen atoms in total. The summed E-state index contributed by atoms with van der Waals surface area (Å²) in [6.07, 6.45) is 3.01. The molecule has 1 aliphatic rings. The summed E-state index contributed by atoms with van der Waals surface area (Å²) >= 11 is 3.25. The number of halogens is 1. The Morgan fingerprint density at radius 2 is 2.07 bits per heavy atom. The minimum absolute atomic E-state index is 0.0362. The van der Waals surface area contributed by atoms with Gasteiger partial charge >= 0.3 is 6.09 Å². The number of rotatable bonds is 8. The number of hydrogen-bond donors (Lipinski definition) is 3. The summed E-state index contributed by atoms with van der Waals surface area (Å²) < 4.78 is 5.88. The van der Waals surface area contributed by atoms with Crippen molar-refractivity contribution in [2.75, 3.05) is 6.54 Å². The lowest BCUT2D eigenvalue weighted by Gasteiger charge is -2.19. The van der Waals surface area contributed by atoms with Crippen LogP contribution in [0.5, 0.6) is 5.75 Å². The molecule has 30 heavy (non-hydrogen) atoms. The summed E-state index contributed by atoms with van der Waals surface area (Å²) in [6.45, 7) is 0.282. The molecule has 10 heteroatoms. The third-order valence-electron chi connectivity index (χ3n) is 4.28. The van der Waals surface area contributed by atoms with Gasteiger partial charge in [-0.25, -0.2) is 4.79 Å². The van der Waals surface area contributed by atoms with Gasteiger partial charge in [-0.3, -0.25) is 9.78 Å². The molecule has 0 radical (unpaired) electrons. The minimum Gasteiger partial charge on any atom is -0.508 e. The highest BCUT2D eigenvalue weighted by Crippen LogP contribution is 2.14. The second kappa shape index (κ2) is 10.6. The Balaban J connectivity index is 1.58. The molecule has 1 aromatic heterocycles. The summed E-state index contributed by atoms with van der Waals surface area (Å²) in [5.74, 6) is -0.263. The molecule has 0 bridgehead atoms. The highest BCUT2D eigenvalue weighted by Gasteiger charge is 2.25. The predicted molar refractivity (Wildman–Crippen MR) is 112 cm³/mol. The summed E-state index contributed by atoms with van der Waals surface area (Å²) in [4.78, 5) is 34.1. The number of phenols is 1. The molecule has 0 fully saturated rings. The molecule has 3 rings (SSSR count). The van der Waals surface area contributed by atoms with Crippen LogP contribution in [0.3, 0.4) is 0 Å². The Kier molecular flexibility index (Phi) is 7.61. The Morgan fingerprint density at radius 1 is 1.27 bits per heavy atom. The lowest BCUT2D eigenvalue weighted by Crippen LogP contribution is -2.49. The van der Waals surface area contributed by atoms with E-state index in [4.69, 9.17) is 9.57 Å². The van der Waals surface area contributed by atoms with E-state index in [0.717, 1.165) is 11.1 Å². The average molecular weight is 477 g/mol. The maximum atomic E-state index is 12.7. The van der Waals surface area contributed by atoms with Gasteiger partial charge < -0.3 is 25.3 Å². The Labute approximate surface area is 181 Å². The summed E-state index contributed by atoms with van der Waals surface area (Å²) in [6, 6.07) is 9.06. The second-order valence-corrected chi connectivity index (χ2v) is 7.56. The van der Waals surface area contributed by atoms with Crippen LogP contribution in [-0.2, 0) is 27.4 Å². The van der Waals surface area contributed by atoms with Crippen molar-refractivity contribution in [3.05, 3.63) is 59.9 Å². The number of aromatic nitrogens is 1. The molecule has 158 valence electrons. The summed E-state index contributed by atoms with van der Waals surface area (Å²) in [7, 11) is 0. The number of amides is 2. The number of hydrogen-bond acceptors (Lipinski definition) is 7. The normalized spacial score (nSPS) is 16.2. The molecule has 2 amide bonds. The summed E-state index contributed by atoms with van der Waals surface area (Å²) in [5, 5.41) is 18.6. The zero-order chi connectivity index (χ0) is 21.3. The molecule has 2 heterocycles. The van der Waals surface area contributed by atoms with Crippen LogP contribution >= 0.6 is 15.9 Å². The molecular formula is C20H21BrN4O5. The minimum atomic E-state index is -0.873. The number of oxime groups is 1. The number of nitrogens with zero attached hydrogens (tertiary/aromatic N) is 2. The van der Waals surface area contributed by atoms with Gasteiger partial charge in [-0.15, -0.1) is 0 Å². The van der Waals surface area contributed by atoms with Crippen LogP contribution in [-0.4, -0.2) is 45.4 Å². The van der Waals surface area contributed by atoms with Gasteiger partial charge in [-0.1, -0.05) is 23.4 Å². The molecule has 1 aromatic carbocycles. The first-order valence-electron chi connectivity index (χ1n) is 9.25. The van der Waals surface area contributed by atoms with Crippen LogP contribution in [0.1, 0.15) is 17.5 Å². The fourth-order valence-corrected chi connectivity index (χ4v) is 3.18. The van der Waals surface area contributed by atoms with E-state index >= 15 is 0 Å². The van der Waals surface area contributed by atoms with Gasteiger partial charge in [0.2, 0.25) is 5.91 Å². The third kappa shape index (κ3) is 6.73. The van der Waals surface area contributed by atoms with Gasteiger partial charge in [0, 0.05) is 30.8 Å². The zero-order valence-electron chi connectivity index (χ0n) is 16.0. The van der Waals surface area contributed by atoms with Gasteiger partial charge in [0.05, 0.1) is 6.54 Å².